The number of likely N-dealkylation sites (N-methyl/N-ethyl adjacent to an activating group) is 1. The molecule has 0 aliphatic rings. The molecule has 2 rings (SSSR count). The third-order valence-corrected chi connectivity index (χ3v) is 4.79. The van der Waals surface area contributed by atoms with E-state index in [4.69, 9.17) is 0 Å². The van der Waals surface area contributed by atoms with Crippen LogP contribution in [-0.4, -0.2) is 43.0 Å². The Balaban J connectivity index is 1.83. The summed E-state index contributed by atoms with van der Waals surface area (Å²) in [6, 6.07) is 11.5. The summed E-state index contributed by atoms with van der Waals surface area (Å²) >= 11 is 0. The fraction of sp³-hybridized carbons (Fsp3) is 0.364. The van der Waals surface area contributed by atoms with Crippen LogP contribution in [0.2, 0.25) is 0 Å². The number of amides is 2. The van der Waals surface area contributed by atoms with Gasteiger partial charge in [-0.1, -0.05) is 30.3 Å². The summed E-state index contributed by atoms with van der Waals surface area (Å²) in [5.74, 6) is -0.505. The molecular weight excluding hydrogens is 392 g/mol. The largest absolute Gasteiger partial charge is 0.435 e. The number of alkyl halides is 2. The van der Waals surface area contributed by atoms with E-state index >= 15 is 0 Å². The van der Waals surface area contributed by atoms with E-state index in [0.717, 1.165) is 22.4 Å². The van der Waals surface area contributed by atoms with Crippen LogP contribution in [0.15, 0.2) is 42.5 Å². The van der Waals surface area contributed by atoms with Gasteiger partial charge in [0, 0.05) is 12.2 Å². The van der Waals surface area contributed by atoms with Gasteiger partial charge in [0.25, 0.3) is 0 Å². The normalized spacial score (nSPS) is 12.0. The van der Waals surface area contributed by atoms with E-state index in [9.17, 15) is 18.4 Å². The van der Waals surface area contributed by atoms with Crippen molar-refractivity contribution in [3.8, 4) is 5.75 Å². The number of aryl methyl sites for hydroxylation is 2. The predicted molar refractivity (Wildman–Crippen MR) is 112 cm³/mol. The van der Waals surface area contributed by atoms with Crippen LogP contribution in [0.1, 0.15) is 23.6 Å². The fourth-order valence-corrected chi connectivity index (χ4v) is 2.91. The lowest BCUT2D eigenvalue weighted by atomic mass is 10.1. The number of hydrogen-bond donors (Lipinski definition) is 2. The molecule has 0 aliphatic heterocycles. The number of hydrogen-bond acceptors (Lipinski definition) is 4. The SMILES string of the molecule is Cc1cccc(C)c1NC(=O)CNC(=O)[C@@H](C)N(C)Cc1ccc(OC(F)F)cc1. The number of carbonyl (C=O) groups excluding carboxylic acids is 2. The summed E-state index contributed by atoms with van der Waals surface area (Å²) in [7, 11) is 1.77. The molecule has 8 heteroatoms. The van der Waals surface area contributed by atoms with Gasteiger partial charge in [-0.2, -0.15) is 8.78 Å². The van der Waals surface area contributed by atoms with Gasteiger partial charge in [-0.15, -0.1) is 0 Å². The highest BCUT2D eigenvalue weighted by Gasteiger charge is 2.19. The monoisotopic (exact) mass is 419 g/mol. The summed E-state index contributed by atoms with van der Waals surface area (Å²) < 4.78 is 28.7. The summed E-state index contributed by atoms with van der Waals surface area (Å²) in [6.45, 7) is 2.97. The highest BCUT2D eigenvalue weighted by molar-refractivity contribution is 5.96. The summed E-state index contributed by atoms with van der Waals surface area (Å²) in [6.07, 6.45) is 0. The third kappa shape index (κ3) is 6.81. The number of carbonyl (C=O) groups is 2. The molecule has 0 radical (unpaired) electrons. The maximum atomic E-state index is 12.4. The van der Waals surface area contributed by atoms with Crippen molar-refractivity contribution < 1.29 is 23.1 Å². The summed E-state index contributed by atoms with van der Waals surface area (Å²) in [5, 5.41) is 5.47. The first kappa shape index (κ1) is 23.3. The zero-order chi connectivity index (χ0) is 22.3. The Morgan fingerprint density at radius 2 is 1.67 bits per heavy atom. The number of nitrogens with one attached hydrogen (secondary N) is 2. The zero-order valence-corrected chi connectivity index (χ0v) is 17.5. The van der Waals surface area contributed by atoms with E-state index in [0.29, 0.717) is 6.54 Å². The van der Waals surface area contributed by atoms with Gasteiger partial charge < -0.3 is 15.4 Å². The fourth-order valence-electron chi connectivity index (χ4n) is 2.91. The molecule has 0 unspecified atom stereocenters. The molecule has 0 saturated heterocycles. The van der Waals surface area contributed by atoms with Crippen molar-refractivity contribution in [1.82, 2.24) is 10.2 Å². The number of ether oxygens (including phenoxy) is 1. The molecule has 0 aliphatic carbocycles. The average molecular weight is 419 g/mol. The molecule has 0 spiro atoms. The highest BCUT2D eigenvalue weighted by atomic mass is 19.3. The van der Waals surface area contributed by atoms with E-state index in [1.165, 1.54) is 12.1 Å². The molecular formula is C22H27F2N3O3. The molecule has 162 valence electrons. The first-order valence-corrected chi connectivity index (χ1v) is 9.55. The third-order valence-electron chi connectivity index (χ3n) is 4.79. The van der Waals surface area contributed by atoms with E-state index < -0.39 is 12.7 Å². The Bertz CT molecular complexity index is 852. The Morgan fingerprint density at radius 3 is 2.23 bits per heavy atom. The minimum atomic E-state index is -2.87. The second-order valence-corrected chi connectivity index (χ2v) is 7.15. The molecule has 2 aromatic rings. The van der Waals surface area contributed by atoms with Gasteiger partial charge in [0.15, 0.2) is 0 Å². The Hall–Kier alpha value is -3.00. The number of anilines is 1. The lowest BCUT2D eigenvalue weighted by Gasteiger charge is -2.24. The van der Waals surface area contributed by atoms with Crippen LogP contribution < -0.4 is 15.4 Å². The van der Waals surface area contributed by atoms with Gasteiger partial charge in [0.2, 0.25) is 11.8 Å². The van der Waals surface area contributed by atoms with Crippen LogP contribution >= 0.6 is 0 Å². The lowest BCUT2D eigenvalue weighted by molar-refractivity contribution is -0.127. The van der Waals surface area contributed by atoms with Crippen molar-refractivity contribution in [2.75, 3.05) is 18.9 Å². The second kappa shape index (κ2) is 10.7. The Kier molecular flexibility index (Phi) is 8.29. The minimum Gasteiger partial charge on any atom is -0.435 e. The first-order chi connectivity index (χ1) is 14.2. The van der Waals surface area contributed by atoms with Gasteiger partial charge in [-0.3, -0.25) is 14.5 Å². The average Bonchev–Trinajstić information content (AvgIpc) is 2.69. The smallest absolute Gasteiger partial charge is 0.387 e. The maximum Gasteiger partial charge on any atom is 0.387 e. The van der Waals surface area contributed by atoms with Crippen molar-refractivity contribution in [2.45, 2.75) is 40.0 Å². The highest BCUT2D eigenvalue weighted by Crippen LogP contribution is 2.19. The van der Waals surface area contributed by atoms with E-state index in [1.807, 2.05) is 32.0 Å². The number of para-hydroxylation sites is 1. The van der Waals surface area contributed by atoms with Crippen LogP contribution in [0.25, 0.3) is 0 Å². The van der Waals surface area contributed by atoms with E-state index in [2.05, 4.69) is 15.4 Å². The van der Waals surface area contributed by atoms with Gasteiger partial charge >= 0.3 is 6.61 Å². The molecule has 30 heavy (non-hydrogen) atoms. The number of halogens is 2. The van der Waals surface area contributed by atoms with Crippen molar-refractivity contribution in [1.29, 1.82) is 0 Å². The molecule has 0 heterocycles. The summed E-state index contributed by atoms with van der Waals surface area (Å²) in [4.78, 5) is 26.4. The molecule has 0 aromatic heterocycles. The quantitative estimate of drug-likeness (QED) is 0.653. The van der Waals surface area contributed by atoms with Gasteiger partial charge in [0.05, 0.1) is 12.6 Å². The molecule has 2 aromatic carbocycles. The first-order valence-electron chi connectivity index (χ1n) is 9.55. The topological polar surface area (TPSA) is 70.7 Å². The van der Waals surface area contributed by atoms with Gasteiger partial charge in [-0.05, 0) is 56.6 Å². The van der Waals surface area contributed by atoms with Crippen molar-refractivity contribution in [3.63, 3.8) is 0 Å². The number of nitrogens with zero attached hydrogens (tertiary/aromatic N) is 1. The van der Waals surface area contributed by atoms with Crippen molar-refractivity contribution in [2.24, 2.45) is 0 Å². The van der Waals surface area contributed by atoms with Crippen LogP contribution in [-0.2, 0) is 16.1 Å². The molecule has 0 bridgehead atoms. The molecule has 2 N–H and O–H groups in total. The predicted octanol–water partition coefficient (Wildman–Crippen LogP) is 3.48. The standard InChI is InChI=1S/C22H27F2N3O3/c1-14-6-5-7-15(2)20(14)26-19(28)12-25-21(29)16(3)27(4)13-17-8-10-18(11-9-17)30-22(23)24/h5-11,16,22H,12-13H2,1-4H3,(H,25,29)(H,26,28)/t16-/m1/s1. The molecule has 0 fully saturated rings. The van der Waals surface area contributed by atoms with E-state index in [-0.39, 0.29) is 24.1 Å². The molecule has 0 saturated carbocycles. The van der Waals surface area contributed by atoms with E-state index in [1.54, 1.807) is 31.0 Å². The van der Waals surface area contributed by atoms with Crippen LogP contribution in [0.5, 0.6) is 5.75 Å². The van der Waals surface area contributed by atoms with Crippen LogP contribution in [0.3, 0.4) is 0 Å². The van der Waals surface area contributed by atoms with Crippen molar-refractivity contribution >= 4 is 17.5 Å². The van der Waals surface area contributed by atoms with Gasteiger partial charge in [0.1, 0.15) is 5.75 Å². The second-order valence-electron chi connectivity index (χ2n) is 7.15. The lowest BCUT2D eigenvalue weighted by Crippen LogP contribution is -2.45. The van der Waals surface area contributed by atoms with Crippen LogP contribution in [0.4, 0.5) is 14.5 Å². The van der Waals surface area contributed by atoms with Crippen LogP contribution in [0, 0.1) is 13.8 Å². The maximum absolute atomic E-state index is 12.4. The Labute approximate surface area is 175 Å². The van der Waals surface area contributed by atoms with Gasteiger partial charge in [-0.25, -0.2) is 0 Å². The van der Waals surface area contributed by atoms with Crippen molar-refractivity contribution in [3.05, 3.63) is 59.2 Å². The molecule has 2 amide bonds. The number of benzene rings is 2. The molecule has 6 nitrogen and oxygen atoms in total. The summed E-state index contributed by atoms with van der Waals surface area (Å²) in [5.41, 5.74) is 3.49. The number of rotatable bonds is 9. The molecule has 1 atom stereocenters. The zero-order valence-electron chi connectivity index (χ0n) is 17.5. The minimum absolute atomic E-state index is 0.0806. The Morgan fingerprint density at radius 1 is 1.07 bits per heavy atom.